The molecule has 0 spiro atoms. The zero-order valence-electron chi connectivity index (χ0n) is 12.3. The van der Waals surface area contributed by atoms with E-state index in [1.54, 1.807) is 12.1 Å². The smallest absolute Gasteiger partial charge is 0.387 e. The highest BCUT2D eigenvalue weighted by Crippen LogP contribution is 2.19. The molecule has 1 saturated heterocycles. The predicted molar refractivity (Wildman–Crippen MR) is 77.3 cm³/mol. The number of carbonyl (C=O) groups excluding carboxylic acids is 1. The van der Waals surface area contributed by atoms with Crippen molar-refractivity contribution in [3.05, 3.63) is 29.8 Å². The van der Waals surface area contributed by atoms with Crippen molar-refractivity contribution < 1.29 is 23.0 Å². The monoisotopic (exact) mass is 314 g/mol. The summed E-state index contributed by atoms with van der Waals surface area (Å²) in [5, 5.41) is 2.73. The molecule has 0 aliphatic carbocycles. The van der Waals surface area contributed by atoms with E-state index in [-0.39, 0.29) is 11.3 Å². The van der Waals surface area contributed by atoms with Crippen molar-refractivity contribution in [2.45, 2.75) is 13.0 Å². The maximum atomic E-state index is 12.3. The highest BCUT2D eigenvalue weighted by Gasteiger charge is 2.15. The number of carbonyl (C=O) groups is 1. The molecule has 1 aromatic rings. The number of amides is 1. The Hall–Kier alpha value is -1.73. The van der Waals surface area contributed by atoms with Gasteiger partial charge in [0.15, 0.2) is 0 Å². The fraction of sp³-hybridized carbons (Fsp3) is 0.533. The molecular weight excluding hydrogens is 294 g/mol. The molecule has 0 aromatic heterocycles. The normalized spacial score (nSPS) is 15.8. The molecule has 1 aromatic carbocycles. The van der Waals surface area contributed by atoms with Crippen LogP contribution in [0.2, 0.25) is 0 Å². The first-order valence-corrected chi connectivity index (χ1v) is 7.29. The van der Waals surface area contributed by atoms with E-state index in [0.717, 1.165) is 39.3 Å². The third-order valence-corrected chi connectivity index (χ3v) is 3.39. The van der Waals surface area contributed by atoms with Gasteiger partial charge in [0.2, 0.25) is 0 Å². The van der Waals surface area contributed by atoms with Crippen LogP contribution in [0.4, 0.5) is 8.78 Å². The second-order valence-corrected chi connectivity index (χ2v) is 4.94. The summed E-state index contributed by atoms with van der Waals surface area (Å²) < 4.78 is 34.2. The molecule has 1 aliphatic heterocycles. The van der Waals surface area contributed by atoms with Crippen LogP contribution in [0, 0.1) is 0 Å². The van der Waals surface area contributed by atoms with Gasteiger partial charge < -0.3 is 14.8 Å². The van der Waals surface area contributed by atoms with Crippen LogP contribution < -0.4 is 10.1 Å². The Balaban J connectivity index is 1.77. The van der Waals surface area contributed by atoms with E-state index in [9.17, 15) is 13.6 Å². The van der Waals surface area contributed by atoms with Gasteiger partial charge in [-0.3, -0.25) is 9.69 Å². The Morgan fingerprint density at radius 1 is 1.32 bits per heavy atom. The second kappa shape index (κ2) is 8.65. The Morgan fingerprint density at radius 3 is 2.77 bits per heavy atom. The van der Waals surface area contributed by atoms with Crippen LogP contribution in [-0.4, -0.2) is 56.8 Å². The van der Waals surface area contributed by atoms with Crippen molar-refractivity contribution in [3.8, 4) is 5.75 Å². The van der Waals surface area contributed by atoms with Crippen molar-refractivity contribution in [1.29, 1.82) is 0 Å². The fourth-order valence-electron chi connectivity index (χ4n) is 2.28. The van der Waals surface area contributed by atoms with Crippen molar-refractivity contribution in [2.75, 3.05) is 39.4 Å². The van der Waals surface area contributed by atoms with Gasteiger partial charge in [0.1, 0.15) is 5.75 Å². The molecule has 0 saturated carbocycles. The lowest BCUT2D eigenvalue weighted by atomic mass is 10.2. The van der Waals surface area contributed by atoms with Gasteiger partial charge in [0.05, 0.1) is 18.8 Å². The lowest BCUT2D eigenvalue weighted by Gasteiger charge is -2.26. The van der Waals surface area contributed by atoms with Gasteiger partial charge >= 0.3 is 6.61 Å². The predicted octanol–water partition coefficient (Wildman–Crippen LogP) is 1.74. The SMILES string of the molecule is O=C(NCCCN1CCOCC1)c1ccccc1OC(F)F. The molecule has 0 atom stereocenters. The van der Waals surface area contributed by atoms with E-state index in [2.05, 4.69) is 15.0 Å². The van der Waals surface area contributed by atoms with Crippen molar-refractivity contribution in [1.82, 2.24) is 10.2 Å². The molecule has 1 aliphatic rings. The summed E-state index contributed by atoms with van der Waals surface area (Å²) in [6, 6.07) is 5.98. The summed E-state index contributed by atoms with van der Waals surface area (Å²) in [5.74, 6) is -0.513. The first kappa shape index (κ1) is 16.6. The highest BCUT2D eigenvalue weighted by molar-refractivity contribution is 5.96. The molecule has 1 amide bonds. The van der Waals surface area contributed by atoms with E-state index >= 15 is 0 Å². The number of nitrogens with one attached hydrogen (secondary N) is 1. The van der Waals surface area contributed by atoms with Crippen LogP contribution in [0.5, 0.6) is 5.75 Å². The summed E-state index contributed by atoms with van der Waals surface area (Å²) in [5.41, 5.74) is 0.120. The second-order valence-electron chi connectivity index (χ2n) is 4.94. The first-order valence-electron chi connectivity index (χ1n) is 7.29. The van der Waals surface area contributed by atoms with Crippen LogP contribution in [0.25, 0.3) is 0 Å². The minimum atomic E-state index is -2.95. The fourth-order valence-corrected chi connectivity index (χ4v) is 2.28. The highest BCUT2D eigenvalue weighted by atomic mass is 19.3. The Morgan fingerprint density at radius 2 is 2.05 bits per heavy atom. The maximum Gasteiger partial charge on any atom is 0.387 e. The Bertz CT molecular complexity index is 480. The van der Waals surface area contributed by atoms with E-state index in [0.29, 0.717) is 6.54 Å². The lowest BCUT2D eigenvalue weighted by molar-refractivity contribution is -0.0501. The molecular formula is C15H20F2N2O3. The van der Waals surface area contributed by atoms with Crippen LogP contribution in [-0.2, 0) is 4.74 Å². The van der Waals surface area contributed by atoms with E-state index < -0.39 is 12.5 Å². The number of ether oxygens (including phenoxy) is 2. The third-order valence-electron chi connectivity index (χ3n) is 3.39. The molecule has 0 unspecified atom stereocenters. The van der Waals surface area contributed by atoms with Gasteiger partial charge in [0, 0.05) is 19.6 Å². The van der Waals surface area contributed by atoms with Crippen LogP contribution in [0.3, 0.4) is 0 Å². The molecule has 0 radical (unpaired) electrons. The van der Waals surface area contributed by atoms with E-state index in [1.807, 2.05) is 0 Å². The first-order chi connectivity index (χ1) is 10.7. The van der Waals surface area contributed by atoms with E-state index in [4.69, 9.17) is 4.74 Å². The molecule has 2 rings (SSSR count). The quantitative estimate of drug-likeness (QED) is 0.779. The van der Waals surface area contributed by atoms with Crippen LogP contribution in [0.15, 0.2) is 24.3 Å². The molecule has 1 heterocycles. The minimum absolute atomic E-state index is 0.108. The maximum absolute atomic E-state index is 12.3. The summed E-state index contributed by atoms with van der Waals surface area (Å²) >= 11 is 0. The lowest BCUT2D eigenvalue weighted by Crippen LogP contribution is -2.38. The number of morpholine rings is 1. The average Bonchev–Trinajstić information content (AvgIpc) is 2.52. The average molecular weight is 314 g/mol. The van der Waals surface area contributed by atoms with Crippen LogP contribution >= 0.6 is 0 Å². The molecule has 5 nitrogen and oxygen atoms in total. The zero-order chi connectivity index (χ0) is 15.8. The number of nitrogens with zero attached hydrogens (tertiary/aromatic N) is 1. The molecule has 1 fully saturated rings. The standard InChI is InChI=1S/C15H20F2N2O3/c16-15(17)22-13-5-2-1-4-12(13)14(20)18-6-3-7-19-8-10-21-11-9-19/h1-2,4-5,15H,3,6-11H2,(H,18,20). The van der Waals surface area contributed by atoms with Gasteiger partial charge in [-0.2, -0.15) is 8.78 Å². The number of hydrogen-bond donors (Lipinski definition) is 1. The Labute approximate surface area is 128 Å². The number of hydrogen-bond acceptors (Lipinski definition) is 4. The largest absolute Gasteiger partial charge is 0.434 e. The molecule has 22 heavy (non-hydrogen) atoms. The molecule has 122 valence electrons. The van der Waals surface area contributed by atoms with Crippen molar-refractivity contribution in [3.63, 3.8) is 0 Å². The number of alkyl halides is 2. The molecule has 0 bridgehead atoms. The number of halogens is 2. The summed E-state index contributed by atoms with van der Waals surface area (Å²) in [7, 11) is 0. The summed E-state index contributed by atoms with van der Waals surface area (Å²) in [4.78, 5) is 14.3. The number of benzene rings is 1. The topological polar surface area (TPSA) is 50.8 Å². The van der Waals surface area contributed by atoms with Crippen molar-refractivity contribution in [2.24, 2.45) is 0 Å². The van der Waals surface area contributed by atoms with Gasteiger partial charge in [-0.15, -0.1) is 0 Å². The molecule has 7 heteroatoms. The summed E-state index contributed by atoms with van der Waals surface area (Å²) in [6.07, 6.45) is 0.795. The number of para-hydroxylation sites is 1. The van der Waals surface area contributed by atoms with Gasteiger partial charge in [-0.05, 0) is 25.1 Å². The van der Waals surface area contributed by atoms with Crippen molar-refractivity contribution >= 4 is 5.91 Å². The zero-order valence-corrected chi connectivity index (χ0v) is 12.3. The summed E-state index contributed by atoms with van der Waals surface area (Å²) in [6.45, 7) is 1.70. The Kier molecular flexibility index (Phi) is 6.54. The minimum Gasteiger partial charge on any atom is -0.434 e. The van der Waals surface area contributed by atoms with Gasteiger partial charge in [-0.1, -0.05) is 12.1 Å². The third kappa shape index (κ3) is 5.23. The van der Waals surface area contributed by atoms with Crippen LogP contribution in [0.1, 0.15) is 16.8 Å². The van der Waals surface area contributed by atoms with Gasteiger partial charge in [0.25, 0.3) is 5.91 Å². The van der Waals surface area contributed by atoms with E-state index in [1.165, 1.54) is 12.1 Å². The number of rotatable bonds is 7. The van der Waals surface area contributed by atoms with Gasteiger partial charge in [-0.25, -0.2) is 0 Å². The molecule has 1 N–H and O–H groups in total.